The minimum absolute atomic E-state index is 0.0925. The monoisotopic (exact) mass is 283 g/mol. The van der Waals surface area contributed by atoms with Crippen molar-refractivity contribution in [3.05, 3.63) is 47.3 Å². The average Bonchev–Trinajstić information content (AvgIpc) is 2.39. The molecule has 1 amide bonds. The van der Waals surface area contributed by atoms with Crippen LogP contribution in [0.4, 0.5) is 11.6 Å². The van der Waals surface area contributed by atoms with E-state index in [4.69, 9.17) is 0 Å². The molecule has 1 aromatic heterocycles. The summed E-state index contributed by atoms with van der Waals surface area (Å²) >= 11 is 0. The van der Waals surface area contributed by atoms with Gasteiger partial charge in [0.05, 0.1) is 6.21 Å². The Bertz CT molecular complexity index is 644. The number of carbonyl (C=O) groups is 1. The van der Waals surface area contributed by atoms with Gasteiger partial charge in [-0.2, -0.15) is 5.10 Å². The van der Waals surface area contributed by atoms with E-state index >= 15 is 0 Å². The Labute approximate surface area is 123 Å². The summed E-state index contributed by atoms with van der Waals surface area (Å²) in [5.74, 6) is 0.378. The molecule has 0 unspecified atom stereocenters. The Morgan fingerprint density at radius 3 is 2.33 bits per heavy atom. The van der Waals surface area contributed by atoms with E-state index < -0.39 is 0 Å². The molecule has 1 aromatic carbocycles. The summed E-state index contributed by atoms with van der Waals surface area (Å²) in [4.78, 5) is 19.4. The minimum Gasteiger partial charge on any atom is -0.326 e. The van der Waals surface area contributed by atoms with Crippen LogP contribution in [0.5, 0.6) is 0 Å². The van der Waals surface area contributed by atoms with Crippen LogP contribution in [0.25, 0.3) is 0 Å². The van der Waals surface area contributed by atoms with Crippen LogP contribution in [0.3, 0.4) is 0 Å². The molecule has 0 aliphatic rings. The fourth-order valence-electron chi connectivity index (χ4n) is 1.80. The maximum Gasteiger partial charge on any atom is 0.243 e. The van der Waals surface area contributed by atoms with Crippen molar-refractivity contribution in [2.24, 2.45) is 5.10 Å². The number of carbonyl (C=O) groups excluding carboxylic acids is 1. The van der Waals surface area contributed by atoms with Gasteiger partial charge < -0.3 is 5.32 Å². The molecule has 0 aliphatic heterocycles. The molecule has 2 rings (SSSR count). The molecule has 2 N–H and O–H groups in total. The van der Waals surface area contributed by atoms with Gasteiger partial charge in [-0.3, -0.25) is 4.79 Å². The van der Waals surface area contributed by atoms with Crippen molar-refractivity contribution in [1.82, 2.24) is 9.97 Å². The highest BCUT2D eigenvalue weighted by atomic mass is 16.1. The van der Waals surface area contributed by atoms with Crippen molar-refractivity contribution < 1.29 is 4.79 Å². The molecule has 2 aromatic rings. The number of hydrogen-bond acceptors (Lipinski definition) is 5. The van der Waals surface area contributed by atoms with Gasteiger partial charge >= 0.3 is 0 Å². The van der Waals surface area contributed by atoms with Crippen molar-refractivity contribution in [1.29, 1.82) is 0 Å². The minimum atomic E-state index is -0.0925. The molecule has 0 fully saturated rings. The van der Waals surface area contributed by atoms with Gasteiger partial charge in [0.1, 0.15) is 0 Å². The first-order valence-electron chi connectivity index (χ1n) is 6.52. The molecule has 1 heterocycles. The molecule has 0 saturated heterocycles. The number of hydrogen-bond donors (Lipinski definition) is 2. The lowest BCUT2D eigenvalue weighted by molar-refractivity contribution is -0.114. The predicted octanol–water partition coefficient (Wildman–Crippen LogP) is 2.50. The topological polar surface area (TPSA) is 79.3 Å². The second-order valence-corrected chi connectivity index (χ2v) is 4.65. The first kappa shape index (κ1) is 14.6. The third-order valence-electron chi connectivity index (χ3n) is 2.59. The normalized spacial score (nSPS) is 10.6. The van der Waals surface area contributed by atoms with Gasteiger partial charge in [-0.15, -0.1) is 0 Å². The van der Waals surface area contributed by atoms with Crippen LogP contribution in [0.15, 0.2) is 35.4 Å². The highest BCUT2D eigenvalue weighted by molar-refractivity contribution is 5.89. The first-order valence-corrected chi connectivity index (χ1v) is 6.52. The van der Waals surface area contributed by atoms with Crippen LogP contribution < -0.4 is 10.7 Å². The molecular weight excluding hydrogens is 266 g/mol. The lowest BCUT2D eigenvalue weighted by Gasteiger charge is -2.02. The van der Waals surface area contributed by atoms with E-state index in [9.17, 15) is 4.79 Å². The van der Waals surface area contributed by atoms with E-state index in [1.165, 1.54) is 6.92 Å². The van der Waals surface area contributed by atoms with Gasteiger partial charge in [-0.05, 0) is 37.6 Å². The summed E-state index contributed by atoms with van der Waals surface area (Å²) in [6.45, 7) is 5.29. The van der Waals surface area contributed by atoms with Gasteiger partial charge in [0.2, 0.25) is 11.9 Å². The zero-order chi connectivity index (χ0) is 15.2. The molecule has 0 atom stereocenters. The Morgan fingerprint density at radius 1 is 1.14 bits per heavy atom. The number of aryl methyl sites for hydroxylation is 2. The fourth-order valence-corrected chi connectivity index (χ4v) is 1.80. The molecule has 108 valence electrons. The lowest BCUT2D eigenvalue weighted by Crippen LogP contribution is -2.05. The molecule has 6 nitrogen and oxygen atoms in total. The van der Waals surface area contributed by atoms with Gasteiger partial charge in [0.25, 0.3) is 0 Å². The second kappa shape index (κ2) is 6.60. The highest BCUT2D eigenvalue weighted by Crippen LogP contribution is 2.08. The standard InChI is InChI=1S/C15H17N5O/c1-10-8-11(2)18-15(17-10)20-16-9-13-4-6-14(7-5-13)19-12(3)21/h4-9H,1-3H3,(H,19,21)(H,17,18,20). The summed E-state index contributed by atoms with van der Waals surface area (Å²) < 4.78 is 0. The van der Waals surface area contributed by atoms with Crippen LogP contribution in [0.2, 0.25) is 0 Å². The van der Waals surface area contributed by atoms with Gasteiger partial charge in [-0.1, -0.05) is 12.1 Å². The third kappa shape index (κ3) is 4.68. The van der Waals surface area contributed by atoms with Crippen LogP contribution in [0, 0.1) is 13.8 Å². The maximum absolute atomic E-state index is 10.9. The Balaban J connectivity index is 1.99. The summed E-state index contributed by atoms with van der Waals surface area (Å²) in [5.41, 5.74) is 6.24. The van der Waals surface area contributed by atoms with E-state index in [0.29, 0.717) is 5.95 Å². The molecule has 0 bridgehead atoms. The average molecular weight is 283 g/mol. The van der Waals surface area contributed by atoms with Gasteiger partial charge in [-0.25, -0.2) is 15.4 Å². The maximum atomic E-state index is 10.9. The van der Waals surface area contributed by atoms with Gasteiger partial charge in [0.15, 0.2) is 0 Å². The van der Waals surface area contributed by atoms with Crippen molar-refractivity contribution in [2.75, 3.05) is 10.7 Å². The SMILES string of the molecule is CC(=O)Nc1ccc(C=NNc2nc(C)cc(C)n2)cc1. The predicted molar refractivity (Wildman–Crippen MR) is 83.5 cm³/mol. The van der Waals surface area contributed by atoms with Crippen molar-refractivity contribution >= 4 is 23.8 Å². The molecule has 6 heteroatoms. The quantitative estimate of drug-likeness (QED) is 0.667. The molecule has 21 heavy (non-hydrogen) atoms. The van der Waals surface area contributed by atoms with Gasteiger partial charge in [0, 0.05) is 24.0 Å². The Kier molecular flexibility index (Phi) is 4.61. The van der Waals surface area contributed by atoms with Crippen LogP contribution in [-0.2, 0) is 4.79 Å². The zero-order valence-corrected chi connectivity index (χ0v) is 12.2. The van der Waals surface area contributed by atoms with Crippen LogP contribution >= 0.6 is 0 Å². The third-order valence-corrected chi connectivity index (χ3v) is 2.59. The number of anilines is 2. The molecule has 0 saturated carbocycles. The summed E-state index contributed by atoms with van der Waals surface area (Å²) in [6, 6.07) is 9.25. The van der Waals surface area contributed by atoms with E-state index in [2.05, 4.69) is 25.8 Å². The Hall–Kier alpha value is -2.76. The number of amides is 1. The summed E-state index contributed by atoms with van der Waals surface area (Å²) in [5, 5.41) is 6.80. The van der Waals surface area contributed by atoms with E-state index in [1.54, 1.807) is 6.21 Å². The van der Waals surface area contributed by atoms with Crippen LogP contribution in [0.1, 0.15) is 23.9 Å². The van der Waals surface area contributed by atoms with Crippen LogP contribution in [-0.4, -0.2) is 22.1 Å². The number of hydrazone groups is 1. The number of aromatic nitrogens is 2. The highest BCUT2D eigenvalue weighted by Gasteiger charge is 1.97. The summed E-state index contributed by atoms with van der Waals surface area (Å²) in [6.07, 6.45) is 1.67. The number of nitrogens with zero attached hydrogens (tertiary/aromatic N) is 3. The second-order valence-electron chi connectivity index (χ2n) is 4.65. The molecule has 0 spiro atoms. The molecular formula is C15H17N5O. The Morgan fingerprint density at radius 2 is 1.76 bits per heavy atom. The van der Waals surface area contributed by atoms with Crippen molar-refractivity contribution in [3.63, 3.8) is 0 Å². The van der Waals surface area contributed by atoms with E-state index in [0.717, 1.165) is 22.6 Å². The summed E-state index contributed by atoms with van der Waals surface area (Å²) in [7, 11) is 0. The smallest absolute Gasteiger partial charge is 0.243 e. The first-order chi connectivity index (χ1) is 10.0. The zero-order valence-electron chi connectivity index (χ0n) is 12.2. The molecule has 0 radical (unpaired) electrons. The van der Waals surface area contributed by atoms with E-state index in [1.807, 2.05) is 44.2 Å². The largest absolute Gasteiger partial charge is 0.326 e. The fraction of sp³-hybridized carbons (Fsp3) is 0.200. The number of benzene rings is 1. The van der Waals surface area contributed by atoms with Crippen molar-refractivity contribution in [2.45, 2.75) is 20.8 Å². The number of rotatable bonds is 4. The lowest BCUT2D eigenvalue weighted by atomic mass is 10.2. The van der Waals surface area contributed by atoms with E-state index in [-0.39, 0.29) is 5.91 Å². The molecule has 0 aliphatic carbocycles. The number of nitrogens with one attached hydrogen (secondary N) is 2. The van der Waals surface area contributed by atoms with Crippen molar-refractivity contribution in [3.8, 4) is 0 Å².